The molecule has 2 atom stereocenters. The van der Waals surface area contributed by atoms with Gasteiger partial charge in [0.15, 0.2) is 0 Å². The van der Waals surface area contributed by atoms with Gasteiger partial charge in [-0.05, 0) is 25.7 Å². The zero-order valence-corrected chi connectivity index (χ0v) is 13.8. The number of unbranched alkanes of at least 4 members (excludes halogenated alkanes) is 1. The number of ether oxygens (including phenoxy) is 1. The second-order valence-electron chi connectivity index (χ2n) is 5.36. The molecule has 0 radical (unpaired) electrons. The molecule has 0 aliphatic rings. The fraction of sp³-hybridized carbons (Fsp3) is 0.875. The van der Waals surface area contributed by atoms with Crippen molar-refractivity contribution < 1.29 is 19.4 Å². The molecule has 1 N–H and O–H groups in total. The highest BCUT2D eigenvalue weighted by Crippen LogP contribution is 2.10. The molecule has 0 amide bonds. The van der Waals surface area contributed by atoms with E-state index in [2.05, 4.69) is 20.8 Å². The number of esters is 1. The van der Waals surface area contributed by atoms with Crippen LogP contribution >= 0.6 is 0 Å². The first-order chi connectivity index (χ1) is 9.33. The molecule has 0 aromatic heterocycles. The van der Waals surface area contributed by atoms with Crippen LogP contribution in [0.25, 0.3) is 0 Å². The number of hydrogen-bond acceptors (Lipinski definition) is 3. The predicted molar refractivity (Wildman–Crippen MR) is 81.7 cm³/mol. The van der Waals surface area contributed by atoms with Gasteiger partial charge in [0.05, 0.1) is 6.10 Å². The maximum absolute atomic E-state index is 10.4. The van der Waals surface area contributed by atoms with Crippen LogP contribution in [0.1, 0.15) is 79.6 Å². The van der Waals surface area contributed by atoms with E-state index in [9.17, 15) is 9.59 Å². The lowest BCUT2D eigenvalue weighted by Gasteiger charge is -2.09. The quantitative estimate of drug-likeness (QED) is 0.638. The third-order valence-corrected chi connectivity index (χ3v) is 3.12. The molecule has 0 saturated carbocycles. The van der Waals surface area contributed by atoms with E-state index in [0.29, 0.717) is 12.3 Å². The Kier molecular flexibility index (Phi) is 15.2. The van der Waals surface area contributed by atoms with Crippen molar-refractivity contribution in [2.75, 3.05) is 0 Å². The van der Waals surface area contributed by atoms with Crippen LogP contribution in [0.2, 0.25) is 0 Å². The lowest BCUT2D eigenvalue weighted by molar-refractivity contribution is -0.145. The zero-order chi connectivity index (χ0) is 16.0. The fourth-order valence-corrected chi connectivity index (χ4v) is 1.64. The van der Waals surface area contributed by atoms with Gasteiger partial charge in [0, 0.05) is 13.3 Å². The van der Waals surface area contributed by atoms with Gasteiger partial charge in [-0.15, -0.1) is 0 Å². The Morgan fingerprint density at radius 3 is 2.10 bits per heavy atom. The van der Waals surface area contributed by atoms with E-state index >= 15 is 0 Å². The number of carboxylic acid groups (broad SMARTS) is 1. The maximum Gasteiger partial charge on any atom is 0.303 e. The number of hydrogen-bond donors (Lipinski definition) is 1. The molecule has 0 rings (SSSR count). The highest BCUT2D eigenvalue weighted by Gasteiger charge is 2.02. The highest BCUT2D eigenvalue weighted by atomic mass is 16.5. The Balaban J connectivity index is 0. The number of aliphatic carboxylic acids is 1. The first-order valence-corrected chi connectivity index (χ1v) is 7.72. The molecule has 2 unspecified atom stereocenters. The third kappa shape index (κ3) is 19.3. The van der Waals surface area contributed by atoms with Gasteiger partial charge in [-0.1, -0.05) is 46.5 Å². The molecular formula is C16H32O4. The smallest absolute Gasteiger partial charge is 0.303 e. The lowest BCUT2D eigenvalue weighted by atomic mass is 10.0. The van der Waals surface area contributed by atoms with E-state index in [1.807, 2.05) is 6.92 Å². The number of carboxylic acids is 1. The summed E-state index contributed by atoms with van der Waals surface area (Å²) in [6.07, 6.45) is 6.71. The van der Waals surface area contributed by atoms with Crippen molar-refractivity contribution in [2.45, 2.75) is 85.7 Å². The van der Waals surface area contributed by atoms with Gasteiger partial charge in [-0.25, -0.2) is 0 Å². The van der Waals surface area contributed by atoms with Crippen molar-refractivity contribution in [3.63, 3.8) is 0 Å². The summed E-state index contributed by atoms with van der Waals surface area (Å²) in [5.74, 6) is -0.175. The number of rotatable bonds is 9. The van der Waals surface area contributed by atoms with E-state index in [1.54, 1.807) is 0 Å². The van der Waals surface area contributed by atoms with Crippen molar-refractivity contribution in [2.24, 2.45) is 5.92 Å². The third-order valence-electron chi connectivity index (χ3n) is 3.12. The van der Waals surface area contributed by atoms with Crippen LogP contribution in [-0.4, -0.2) is 23.1 Å². The minimum Gasteiger partial charge on any atom is -0.481 e. The summed E-state index contributed by atoms with van der Waals surface area (Å²) in [5, 5.41) is 8.30. The highest BCUT2D eigenvalue weighted by molar-refractivity contribution is 5.66. The molecule has 0 spiro atoms. The van der Waals surface area contributed by atoms with Gasteiger partial charge < -0.3 is 9.84 Å². The number of carbonyl (C=O) groups excluding carboxylic acids is 1. The van der Waals surface area contributed by atoms with Gasteiger partial charge >= 0.3 is 11.9 Å². The van der Waals surface area contributed by atoms with E-state index in [1.165, 1.54) is 6.92 Å². The summed E-state index contributed by atoms with van der Waals surface area (Å²) >= 11 is 0. The van der Waals surface area contributed by atoms with Crippen LogP contribution in [0.3, 0.4) is 0 Å². The van der Waals surface area contributed by atoms with Crippen molar-refractivity contribution >= 4 is 11.9 Å². The summed E-state index contributed by atoms with van der Waals surface area (Å²) < 4.78 is 4.91. The molecule has 4 nitrogen and oxygen atoms in total. The molecule has 0 aromatic rings. The molecule has 0 fully saturated rings. The largest absolute Gasteiger partial charge is 0.481 e. The first-order valence-electron chi connectivity index (χ1n) is 7.72. The van der Waals surface area contributed by atoms with Crippen LogP contribution in [0, 0.1) is 5.92 Å². The van der Waals surface area contributed by atoms with Crippen LogP contribution in [-0.2, 0) is 14.3 Å². The average Bonchev–Trinajstić information content (AvgIpc) is 2.35. The zero-order valence-electron chi connectivity index (χ0n) is 13.8. The number of carbonyl (C=O) groups is 2. The maximum atomic E-state index is 10.4. The van der Waals surface area contributed by atoms with Crippen molar-refractivity contribution in [3.8, 4) is 0 Å². The Morgan fingerprint density at radius 1 is 1.10 bits per heavy atom. The predicted octanol–water partition coefficient (Wildman–Crippen LogP) is 4.42. The second-order valence-corrected chi connectivity index (χ2v) is 5.36. The van der Waals surface area contributed by atoms with Gasteiger partial charge in [0.2, 0.25) is 0 Å². The lowest BCUT2D eigenvalue weighted by Crippen LogP contribution is -2.11. The molecule has 0 aliphatic carbocycles. The Bertz CT molecular complexity index is 251. The van der Waals surface area contributed by atoms with E-state index in [4.69, 9.17) is 9.84 Å². The fourth-order valence-electron chi connectivity index (χ4n) is 1.64. The Hall–Kier alpha value is -1.06. The SMILES string of the molecule is CCC(C)CCCC(=O)O.CCCCC(C)OC(C)=O. The van der Waals surface area contributed by atoms with Gasteiger partial charge in [-0.2, -0.15) is 0 Å². The molecule has 4 heteroatoms. The van der Waals surface area contributed by atoms with Crippen LogP contribution in [0.15, 0.2) is 0 Å². The topological polar surface area (TPSA) is 63.6 Å². The van der Waals surface area contributed by atoms with Crippen molar-refractivity contribution in [3.05, 3.63) is 0 Å². The van der Waals surface area contributed by atoms with E-state index < -0.39 is 5.97 Å². The summed E-state index contributed by atoms with van der Waals surface area (Å²) in [6.45, 7) is 9.78. The minimum absolute atomic E-state index is 0.0949. The van der Waals surface area contributed by atoms with Crippen LogP contribution < -0.4 is 0 Å². The summed E-state index contributed by atoms with van der Waals surface area (Å²) in [4.78, 5) is 20.5. The normalized spacial score (nSPS) is 12.8. The molecule has 0 aromatic carbocycles. The molecular weight excluding hydrogens is 256 g/mol. The standard InChI is InChI=1S/2C8H16O2/c1-4-5-6-7(2)10-8(3)9;1-3-7(2)5-4-6-8(9)10/h7H,4-6H2,1-3H3;7H,3-6H2,1-2H3,(H,9,10). The average molecular weight is 288 g/mol. The molecule has 0 heterocycles. The van der Waals surface area contributed by atoms with Gasteiger partial charge in [0.1, 0.15) is 0 Å². The minimum atomic E-state index is -0.677. The molecule has 0 bridgehead atoms. The molecule has 20 heavy (non-hydrogen) atoms. The van der Waals surface area contributed by atoms with Crippen LogP contribution in [0.5, 0.6) is 0 Å². The van der Waals surface area contributed by atoms with E-state index in [0.717, 1.165) is 38.5 Å². The van der Waals surface area contributed by atoms with Gasteiger partial charge in [0.25, 0.3) is 0 Å². The first kappa shape index (κ1) is 21.2. The Labute approximate surface area is 123 Å². The Morgan fingerprint density at radius 2 is 1.70 bits per heavy atom. The van der Waals surface area contributed by atoms with Gasteiger partial charge in [-0.3, -0.25) is 9.59 Å². The van der Waals surface area contributed by atoms with Crippen LogP contribution in [0.4, 0.5) is 0 Å². The monoisotopic (exact) mass is 288 g/mol. The van der Waals surface area contributed by atoms with Crippen molar-refractivity contribution in [1.29, 1.82) is 0 Å². The summed E-state index contributed by atoms with van der Waals surface area (Å²) in [6, 6.07) is 0. The summed E-state index contributed by atoms with van der Waals surface area (Å²) in [5.41, 5.74) is 0. The van der Waals surface area contributed by atoms with Crippen molar-refractivity contribution in [1.82, 2.24) is 0 Å². The molecule has 0 aliphatic heterocycles. The van der Waals surface area contributed by atoms with E-state index in [-0.39, 0.29) is 12.1 Å². The summed E-state index contributed by atoms with van der Waals surface area (Å²) in [7, 11) is 0. The second kappa shape index (κ2) is 14.4. The molecule has 120 valence electrons. The molecule has 0 saturated heterocycles.